The summed E-state index contributed by atoms with van der Waals surface area (Å²) in [4.78, 5) is 25.0. The van der Waals surface area contributed by atoms with Gasteiger partial charge in [0, 0.05) is 28.9 Å². The molecule has 0 heterocycles. The number of amides is 2. The Labute approximate surface area is 137 Å². The fourth-order valence-electron chi connectivity index (χ4n) is 1.79. The Morgan fingerprint density at radius 1 is 1.05 bits per heavy atom. The Kier molecular flexibility index (Phi) is 4.95. The quantitative estimate of drug-likeness (QED) is 0.810. The SMILES string of the molecule is CC(=O)N(C)c1ccc(NC(=O)c2ccccc2I)cc1. The van der Waals surface area contributed by atoms with E-state index in [0.717, 1.165) is 9.26 Å². The molecule has 0 fully saturated rings. The zero-order valence-electron chi connectivity index (χ0n) is 11.8. The van der Waals surface area contributed by atoms with Crippen LogP contribution in [0.15, 0.2) is 48.5 Å². The fraction of sp³-hybridized carbons (Fsp3) is 0.125. The van der Waals surface area contributed by atoms with Crippen molar-refractivity contribution in [3.63, 3.8) is 0 Å². The van der Waals surface area contributed by atoms with Gasteiger partial charge in [0.05, 0.1) is 5.56 Å². The number of nitrogens with zero attached hydrogens (tertiary/aromatic N) is 1. The smallest absolute Gasteiger partial charge is 0.256 e. The van der Waals surface area contributed by atoms with Gasteiger partial charge in [0.15, 0.2) is 0 Å². The normalized spacial score (nSPS) is 10.0. The van der Waals surface area contributed by atoms with Crippen LogP contribution in [0.3, 0.4) is 0 Å². The summed E-state index contributed by atoms with van der Waals surface area (Å²) < 4.78 is 0.903. The van der Waals surface area contributed by atoms with E-state index in [1.54, 1.807) is 42.3 Å². The highest BCUT2D eigenvalue weighted by Crippen LogP contribution is 2.19. The molecule has 4 nitrogen and oxygen atoms in total. The Morgan fingerprint density at radius 3 is 2.24 bits per heavy atom. The second-order valence-electron chi connectivity index (χ2n) is 4.56. The molecule has 0 aliphatic rings. The molecular weight excluding hydrogens is 379 g/mol. The van der Waals surface area contributed by atoms with Crippen molar-refractivity contribution in [3.05, 3.63) is 57.7 Å². The van der Waals surface area contributed by atoms with E-state index in [9.17, 15) is 9.59 Å². The van der Waals surface area contributed by atoms with Crippen LogP contribution in [-0.2, 0) is 4.79 Å². The number of benzene rings is 2. The maximum Gasteiger partial charge on any atom is 0.256 e. The lowest BCUT2D eigenvalue weighted by Gasteiger charge is -2.15. The van der Waals surface area contributed by atoms with Crippen molar-refractivity contribution in [2.45, 2.75) is 6.92 Å². The molecule has 5 heteroatoms. The van der Waals surface area contributed by atoms with Gasteiger partial charge in [-0.2, -0.15) is 0 Å². The van der Waals surface area contributed by atoms with Crippen LogP contribution in [0.2, 0.25) is 0 Å². The molecule has 2 rings (SSSR count). The van der Waals surface area contributed by atoms with Gasteiger partial charge in [-0.3, -0.25) is 9.59 Å². The van der Waals surface area contributed by atoms with Gasteiger partial charge >= 0.3 is 0 Å². The van der Waals surface area contributed by atoms with Gasteiger partial charge in [-0.15, -0.1) is 0 Å². The molecule has 0 bridgehead atoms. The van der Waals surface area contributed by atoms with Gasteiger partial charge in [0.25, 0.3) is 5.91 Å². The topological polar surface area (TPSA) is 49.4 Å². The molecule has 0 radical (unpaired) electrons. The Hall–Kier alpha value is -1.89. The number of halogens is 1. The Bertz CT molecular complexity index is 668. The summed E-state index contributed by atoms with van der Waals surface area (Å²) in [5.41, 5.74) is 2.12. The zero-order chi connectivity index (χ0) is 15.4. The minimum absolute atomic E-state index is 0.0365. The highest BCUT2D eigenvalue weighted by Gasteiger charge is 2.10. The molecular formula is C16H15IN2O2. The minimum Gasteiger partial charge on any atom is -0.322 e. The number of nitrogens with one attached hydrogen (secondary N) is 1. The fourth-order valence-corrected chi connectivity index (χ4v) is 2.43. The number of hydrogen-bond donors (Lipinski definition) is 1. The third-order valence-electron chi connectivity index (χ3n) is 3.10. The number of carbonyl (C=O) groups is 2. The molecule has 0 aromatic heterocycles. The van der Waals surface area contributed by atoms with Gasteiger partial charge < -0.3 is 10.2 Å². The van der Waals surface area contributed by atoms with E-state index in [2.05, 4.69) is 27.9 Å². The second-order valence-corrected chi connectivity index (χ2v) is 5.72. The van der Waals surface area contributed by atoms with Crippen molar-refractivity contribution in [3.8, 4) is 0 Å². The molecule has 1 N–H and O–H groups in total. The summed E-state index contributed by atoms with van der Waals surface area (Å²) in [6.07, 6.45) is 0. The number of rotatable bonds is 3. The molecule has 0 saturated heterocycles. The van der Waals surface area contributed by atoms with Crippen LogP contribution in [0.25, 0.3) is 0 Å². The highest BCUT2D eigenvalue weighted by molar-refractivity contribution is 14.1. The minimum atomic E-state index is -0.146. The van der Waals surface area contributed by atoms with Crippen LogP contribution in [0, 0.1) is 3.57 Å². The van der Waals surface area contributed by atoms with Crippen molar-refractivity contribution >= 4 is 45.8 Å². The summed E-state index contributed by atoms with van der Waals surface area (Å²) >= 11 is 2.13. The first kappa shape index (κ1) is 15.5. The van der Waals surface area contributed by atoms with Gasteiger partial charge in [-0.05, 0) is 59.0 Å². The Morgan fingerprint density at radius 2 is 1.67 bits per heavy atom. The second kappa shape index (κ2) is 6.71. The van der Waals surface area contributed by atoms with Crippen molar-refractivity contribution in [1.82, 2.24) is 0 Å². The average Bonchev–Trinajstić information content (AvgIpc) is 2.47. The predicted octanol–water partition coefficient (Wildman–Crippen LogP) is 3.53. The molecule has 2 aromatic carbocycles. The number of anilines is 2. The number of carbonyl (C=O) groups excluding carboxylic acids is 2. The van der Waals surface area contributed by atoms with E-state index in [1.807, 2.05) is 18.2 Å². The van der Waals surface area contributed by atoms with Crippen molar-refractivity contribution in [2.24, 2.45) is 0 Å². The van der Waals surface area contributed by atoms with E-state index < -0.39 is 0 Å². The van der Waals surface area contributed by atoms with Gasteiger partial charge in [0.2, 0.25) is 5.91 Å². The summed E-state index contributed by atoms with van der Waals surface area (Å²) in [6.45, 7) is 1.51. The van der Waals surface area contributed by atoms with Crippen LogP contribution in [0.4, 0.5) is 11.4 Å². The predicted molar refractivity (Wildman–Crippen MR) is 92.6 cm³/mol. The molecule has 0 unspecified atom stereocenters. The monoisotopic (exact) mass is 394 g/mol. The maximum atomic E-state index is 12.2. The first-order valence-corrected chi connectivity index (χ1v) is 7.47. The molecule has 0 saturated carbocycles. The zero-order valence-corrected chi connectivity index (χ0v) is 13.9. The summed E-state index contributed by atoms with van der Waals surface area (Å²) in [6, 6.07) is 14.6. The molecule has 108 valence electrons. The molecule has 2 amide bonds. The van der Waals surface area contributed by atoms with E-state index in [4.69, 9.17) is 0 Å². The third kappa shape index (κ3) is 3.81. The molecule has 0 atom stereocenters. The van der Waals surface area contributed by atoms with Crippen molar-refractivity contribution < 1.29 is 9.59 Å². The average molecular weight is 394 g/mol. The largest absolute Gasteiger partial charge is 0.322 e. The maximum absolute atomic E-state index is 12.2. The standard InChI is InChI=1S/C16H15IN2O2/c1-11(20)19(2)13-9-7-12(8-10-13)18-16(21)14-5-3-4-6-15(14)17/h3-10H,1-2H3,(H,18,21). The Balaban J connectivity index is 2.12. The molecule has 21 heavy (non-hydrogen) atoms. The third-order valence-corrected chi connectivity index (χ3v) is 4.04. The van der Waals surface area contributed by atoms with E-state index >= 15 is 0 Å². The van der Waals surface area contributed by atoms with E-state index in [1.165, 1.54) is 6.92 Å². The van der Waals surface area contributed by atoms with Crippen LogP contribution in [0.1, 0.15) is 17.3 Å². The van der Waals surface area contributed by atoms with Crippen LogP contribution in [-0.4, -0.2) is 18.9 Å². The van der Waals surface area contributed by atoms with Crippen LogP contribution >= 0.6 is 22.6 Å². The van der Waals surface area contributed by atoms with Gasteiger partial charge in [-0.25, -0.2) is 0 Å². The van der Waals surface area contributed by atoms with E-state index in [-0.39, 0.29) is 11.8 Å². The van der Waals surface area contributed by atoms with Crippen molar-refractivity contribution in [1.29, 1.82) is 0 Å². The van der Waals surface area contributed by atoms with Gasteiger partial charge in [0.1, 0.15) is 0 Å². The van der Waals surface area contributed by atoms with Crippen LogP contribution < -0.4 is 10.2 Å². The highest BCUT2D eigenvalue weighted by atomic mass is 127. The lowest BCUT2D eigenvalue weighted by Crippen LogP contribution is -2.22. The molecule has 0 aliphatic carbocycles. The van der Waals surface area contributed by atoms with Crippen LogP contribution in [0.5, 0.6) is 0 Å². The molecule has 0 aliphatic heterocycles. The first-order chi connectivity index (χ1) is 9.99. The lowest BCUT2D eigenvalue weighted by atomic mass is 10.2. The number of hydrogen-bond acceptors (Lipinski definition) is 2. The van der Waals surface area contributed by atoms with Crippen molar-refractivity contribution in [2.75, 3.05) is 17.3 Å². The lowest BCUT2D eigenvalue weighted by molar-refractivity contribution is -0.116. The summed E-state index contributed by atoms with van der Waals surface area (Å²) in [7, 11) is 1.71. The first-order valence-electron chi connectivity index (χ1n) is 6.39. The summed E-state index contributed by atoms with van der Waals surface area (Å²) in [5, 5.41) is 2.85. The van der Waals surface area contributed by atoms with Gasteiger partial charge in [-0.1, -0.05) is 12.1 Å². The van der Waals surface area contributed by atoms with E-state index in [0.29, 0.717) is 11.3 Å². The molecule has 2 aromatic rings. The summed E-state index contributed by atoms with van der Waals surface area (Å²) in [5.74, 6) is -0.182. The molecule has 0 spiro atoms.